The lowest BCUT2D eigenvalue weighted by molar-refractivity contribution is 0.0964. The molecular formula is C18H18O4. The predicted octanol–water partition coefficient (Wildman–Crippen LogP) is 3.47. The minimum Gasteiger partial charge on any atom is -0.507 e. The van der Waals surface area contributed by atoms with Crippen molar-refractivity contribution in [3.05, 3.63) is 59.7 Å². The first-order valence-electron chi connectivity index (χ1n) is 6.93. The summed E-state index contributed by atoms with van der Waals surface area (Å²) in [5, 5.41) is 10.1. The van der Waals surface area contributed by atoms with Gasteiger partial charge in [-0.05, 0) is 12.5 Å². The number of benzene rings is 1. The normalized spacial score (nSPS) is 15.4. The van der Waals surface area contributed by atoms with E-state index >= 15 is 0 Å². The van der Waals surface area contributed by atoms with Crippen molar-refractivity contribution in [2.75, 3.05) is 7.11 Å². The van der Waals surface area contributed by atoms with Crippen molar-refractivity contribution in [1.29, 1.82) is 0 Å². The lowest BCUT2D eigenvalue weighted by Crippen LogP contribution is -2.25. The van der Waals surface area contributed by atoms with E-state index in [0.717, 1.165) is 0 Å². The second-order valence-corrected chi connectivity index (χ2v) is 5.14. The highest BCUT2D eigenvalue weighted by Gasteiger charge is 2.35. The van der Waals surface area contributed by atoms with Crippen molar-refractivity contribution in [2.45, 2.75) is 13.3 Å². The highest BCUT2D eigenvalue weighted by atomic mass is 16.5. The van der Waals surface area contributed by atoms with Gasteiger partial charge in [0.2, 0.25) is 0 Å². The number of aromatic hydroxyl groups is 1. The van der Waals surface area contributed by atoms with Crippen LogP contribution < -0.4 is 4.74 Å². The number of phenols is 1. The number of carbonyl (C=O) groups is 2. The maximum Gasteiger partial charge on any atom is 0.194 e. The summed E-state index contributed by atoms with van der Waals surface area (Å²) >= 11 is 0. The zero-order valence-electron chi connectivity index (χ0n) is 12.7. The molecule has 4 heteroatoms. The topological polar surface area (TPSA) is 63.6 Å². The van der Waals surface area contributed by atoms with E-state index in [4.69, 9.17) is 4.74 Å². The van der Waals surface area contributed by atoms with Crippen LogP contribution in [0.5, 0.6) is 11.5 Å². The maximum absolute atomic E-state index is 12.8. The molecule has 0 saturated carbocycles. The van der Waals surface area contributed by atoms with Crippen LogP contribution in [-0.2, 0) is 0 Å². The van der Waals surface area contributed by atoms with Crippen LogP contribution in [0.4, 0.5) is 0 Å². The maximum atomic E-state index is 12.8. The second kappa shape index (κ2) is 6.02. The number of allylic oxidation sites excluding steroid dienone is 4. The lowest BCUT2D eigenvalue weighted by atomic mass is 9.78. The molecule has 0 fully saturated rings. The standard InChI is InChI=1S/C18H18O4/c1-5-7-12-15(10(3)6-2)18(21)13-8-11(22-4)9-14(19)16(13)17(12)20/h5-6,8-10,19H,1-2,7H2,3-4H3. The van der Waals surface area contributed by atoms with Gasteiger partial charge < -0.3 is 9.84 Å². The van der Waals surface area contributed by atoms with Gasteiger partial charge in [0.1, 0.15) is 11.5 Å². The molecule has 4 nitrogen and oxygen atoms in total. The summed E-state index contributed by atoms with van der Waals surface area (Å²) in [4.78, 5) is 25.5. The molecule has 1 aliphatic rings. The van der Waals surface area contributed by atoms with Crippen molar-refractivity contribution in [3.63, 3.8) is 0 Å². The molecule has 22 heavy (non-hydrogen) atoms. The van der Waals surface area contributed by atoms with Crippen molar-refractivity contribution in [2.24, 2.45) is 5.92 Å². The molecule has 0 saturated heterocycles. The molecule has 0 amide bonds. The number of ether oxygens (including phenoxy) is 1. The van der Waals surface area contributed by atoms with Gasteiger partial charge in [-0.15, -0.1) is 13.2 Å². The Balaban J connectivity index is 2.76. The Bertz CT molecular complexity index is 710. The third-order valence-corrected chi connectivity index (χ3v) is 3.80. The van der Waals surface area contributed by atoms with Crippen molar-refractivity contribution < 1.29 is 19.4 Å². The Labute approximate surface area is 129 Å². The Kier molecular flexibility index (Phi) is 4.31. The van der Waals surface area contributed by atoms with Crippen LogP contribution in [0, 0.1) is 5.92 Å². The van der Waals surface area contributed by atoms with Crippen molar-refractivity contribution >= 4 is 11.6 Å². The summed E-state index contributed by atoms with van der Waals surface area (Å²) in [6.07, 6.45) is 3.46. The van der Waals surface area contributed by atoms with Gasteiger partial charge in [-0.25, -0.2) is 0 Å². The Morgan fingerprint density at radius 1 is 1.27 bits per heavy atom. The minimum atomic E-state index is -0.349. The number of hydrogen-bond donors (Lipinski definition) is 1. The molecule has 0 bridgehead atoms. The van der Waals surface area contributed by atoms with Gasteiger partial charge in [-0.1, -0.05) is 19.1 Å². The summed E-state index contributed by atoms with van der Waals surface area (Å²) < 4.78 is 5.07. The fourth-order valence-electron chi connectivity index (χ4n) is 2.64. The fraction of sp³-hybridized carbons (Fsp3) is 0.222. The number of hydrogen-bond acceptors (Lipinski definition) is 4. The zero-order valence-corrected chi connectivity index (χ0v) is 12.7. The van der Waals surface area contributed by atoms with Crippen LogP contribution in [-0.4, -0.2) is 23.8 Å². The van der Waals surface area contributed by atoms with E-state index in [-0.39, 0.29) is 40.8 Å². The van der Waals surface area contributed by atoms with Crippen LogP contribution in [0.1, 0.15) is 34.1 Å². The van der Waals surface area contributed by atoms with Crippen LogP contribution >= 0.6 is 0 Å². The molecule has 1 atom stereocenters. The minimum absolute atomic E-state index is 0.0302. The number of ketones is 2. The van der Waals surface area contributed by atoms with Gasteiger partial charge in [0.15, 0.2) is 11.6 Å². The SMILES string of the molecule is C=CCC1=C(C(C)C=C)C(=O)c2cc(OC)cc(O)c2C1=O. The van der Waals surface area contributed by atoms with Crippen LogP contribution in [0.3, 0.4) is 0 Å². The van der Waals surface area contributed by atoms with Gasteiger partial charge in [0, 0.05) is 28.7 Å². The Morgan fingerprint density at radius 2 is 1.95 bits per heavy atom. The average molecular weight is 298 g/mol. The number of Topliss-reactive ketones (excluding diaryl/α,β-unsaturated/α-hetero) is 2. The highest BCUT2D eigenvalue weighted by Crippen LogP contribution is 2.38. The third-order valence-electron chi connectivity index (χ3n) is 3.80. The molecule has 1 aliphatic carbocycles. The first kappa shape index (κ1) is 15.8. The van der Waals surface area contributed by atoms with Gasteiger partial charge in [-0.3, -0.25) is 9.59 Å². The van der Waals surface area contributed by atoms with Gasteiger partial charge in [0.05, 0.1) is 12.7 Å². The number of fused-ring (bicyclic) bond motifs is 1. The highest BCUT2D eigenvalue weighted by molar-refractivity contribution is 6.28. The monoisotopic (exact) mass is 298 g/mol. The summed E-state index contributed by atoms with van der Waals surface area (Å²) in [6, 6.07) is 2.81. The molecule has 1 unspecified atom stereocenters. The molecule has 1 N–H and O–H groups in total. The molecule has 0 spiro atoms. The van der Waals surface area contributed by atoms with Crippen molar-refractivity contribution in [1.82, 2.24) is 0 Å². The molecule has 1 aromatic rings. The van der Waals surface area contributed by atoms with E-state index in [1.54, 1.807) is 12.2 Å². The number of phenolic OH excluding ortho intramolecular Hbond substituents is 1. The predicted molar refractivity (Wildman–Crippen MR) is 84.5 cm³/mol. The molecule has 0 radical (unpaired) electrons. The third kappa shape index (κ3) is 2.37. The van der Waals surface area contributed by atoms with Gasteiger partial charge in [0.25, 0.3) is 0 Å². The number of rotatable bonds is 5. The number of methoxy groups -OCH3 is 1. The lowest BCUT2D eigenvalue weighted by Gasteiger charge is -2.24. The molecule has 114 valence electrons. The first-order valence-corrected chi connectivity index (χ1v) is 6.93. The van der Waals surface area contributed by atoms with Crippen LogP contribution in [0.25, 0.3) is 0 Å². The van der Waals surface area contributed by atoms with Gasteiger partial charge >= 0.3 is 0 Å². The largest absolute Gasteiger partial charge is 0.507 e. The molecule has 2 rings (SSSR count). The molecule has 1 aromatic carbocycles. The summed E-state index contributed by atoms with van der Waals surface area (Å²) in [5.41, 5.74) is 0.960. The quantitative estimate of drug-likeness (QED) is 0.845. The van der Waals surface area contributed by atoms with Crippen LogP contribution in [0.2, 0.25) is 0 Å². The zero-order chi connectivity index (χ0) is 16.4. The smallest absolute Gasteiger partial charge is 0.194 e. The summed E-state index contributed by atoms with van der Waals surface area (Å²) in [6.45, 7) is 9.14. The molecular weight excluding hydrogens is 280 g/mol. The van der Waals surface area contributed by atoms with Crippen LogP contribution in [0.15, 0.2) is 48.6 Å². The average Bonchev–Trinajstić information content (AvgIpc) is 2.51. The molecule has 0 aliphatic heterocycles. The summed E-state index contributed by atoms with van der Waals surface area (Å²) in [7, 11) is 1.43. The van der Waals surface area contributed by atoms with E-state index in [1.165, 1.54) is 19.2 Å². The van der Waals surface area contributed by atoms with E-state index in [0.29, 0.717) is 16.9 Å². The second-order valence-electron chi connectivity index (χ2n) is 5.14. The van der Waals surface area contributed by atoms with E-state index in [1.807, 2.05) is 6.92 Å². The van der Waals surface area contributed by atoms with E-state index < -0.39 is 0 Å². The Hall–Kier alpha value is -2.62. The van der Waals surface area contributed by atoms with Gasteiger partial charge in [-0.2, -0.15) is 0 Å². The summed E-state index contributed by atoms with van der Waals surface area (Å²) in [5.74, 6) is -0.825. The van der Waals surface area contributed by atoms with Crippen molar-refractivity contribution in [3.8, 4) is 11.5 Å². The molecule has 0 heterocycles. The Morgan fingerprint density at radius 3 is 2.50 bits per heavy atom. The number of carbonyl (C=O) groups excluding carboxylic acids is 2. The van der Waals surface area contributed by atoms with E-state index in [9.17, 15) is 14.7 Å². The first-order chi connectivity index (χ1) is 10.5. The molecule has 0 aromatic heterocycles. The van der Waals surface area contributed by atoms with E-state index in [2.05, 4.69) is 13.2 Å². The fourth-order valence-corrected chi connectivity index (χ4v) is 2.64.